The van der Waals surface area contributed by atoms with E-state index in [0.717, 1.165) is 11.6 Å². The number of halogens is 4. The van der Waals surface area contributed by atoms with E-state index in [9.17, 15) is 13.2 Å². The number of pyridine rings is 2. The van der Waals surface area contributed by atoms with E-state index >= 15 is 0 Å². The molecule has 0 unspecified atom stereocenters. The first-order chi connectivity index (χ1) is 12.8. The molecule has 0 spiro atoms. The monoisotopic (exact) mass is 395 g/mol. The molecule has 27 heavy (non-hydrogen) atoms. The van der Waals surface area contributed by atoms with E-state index in [-0.39, 0.29) is 22.3 Å². The second-order valence-electron chi connectivity index (χ2n) is 5.38. The second-order valence-corrected chi connectivity index (χ2v) is 5.78. The van der Waals surface area contributed by atoms with Crippen LogP contribution in [0.15, 0.2) is 43.1 Å². The van der Waals surface area contributed by atoms with Gasteiger partial charge in [-0.15, -0.1) is 0 Å². The summed E-state index contributed by atoms with van der Waals surface area (Å²) >= 11 is 5.89. The number of rotatable bonds is 5. The van der Waals surface area contributed by atoms with Gasteiger partial charge in [-0.2, -0.15) is 13.2 Å². The Balaban J connectivity index is 1.78. The van der Waals surface area contributed by atoms with Crippen molar-refractivity contribution in [2.75, 3.05) is 16.4 Å². The van der Waals surface area contributed by atoms with Crippen LogP contribution in [0, 0.1) is 0 Å². The van der Waals surface area contributed by atoms with Gasteiger partial charge in [-0.05, 0) is 17.7 Å². The Morgan fingerprint density at radius 3 is 2.52 bits per heavy atom. The summed E-state index contributed by atoms with van der Waals surface area (Å²) < 4.78 is 38.1. The molecule has 0 saturated heterocycles. The zero-order chi connectivity index (χ0) is 19.4. The number of nitrogens with one attached hydrogen (secondary N) is 2. The molecule has 0 bridgehead atoms. The maximum Gasteiger partial charge on any atom is 0.417 e. The van der Waals surface area contributed by atoms with Gasteiger partial charge >= 0.3 is 6.18 Å². The summed E-state index contributed by atoms with van der Waals surface area (Å²) in [4.78, 5) is 15.7. The van der Waals surface area contributed by atoms with Gasteiger partial charge in [0, 0.05) is 25.1 Å². The van der Waals surface area contributed by atoms with Crippen molar-refractivity contribution in [3.05, 3.63) is 59.3 Å². The fourth-order valence-electron chi connectivity index (χ4n) is 2.12. The summed E-state index contributed by atoms with van der Waals surface area (Å²) in [6.45, 7) is 0.424. The minimum atomic E-state index is -4.54. The fraction of sp³-hybridized carbons (Fsp3) is 0.125. The lowest BCUT2D eigenvalue weighted by Gasteiger charge is -2.13. The number of hydrogen-bond acceptors (Lipinski definition) is 7. The molecule has 0 radical (unpaired) electrons. The molecule has 0 aliphatic carbocycles. The van der Waals surface area contributed by atoms with Crippen molar-refractivity contribution in [1.82, 2.24) is 19.9 Å². The van der Waals surface area contributed by atoms with Crippen molar-refractivity contribution >= 4 is 34.7 Å². The normalized spacial score (nSPS) is 11.3. The molecule has 0 aliphatic heterocycles. The molecule has 3 aromatic heterocycles. The average Bonchev–Trinajstić information content (AvgIpc) is 2.64. The minimum absolute atomic E-state index is 0.00623. The van der Waals surface area contributed by atoms with Crippen LogP contribution in [0.25, 0.3) is 0 Å². The van der Waals surface area contributed by atoms with E-state index in [2.05, 4.69) is 30.6 Å². The molecular weight excluding hydrogens is 383 g/mol. The lowest BCUT2D eigenvalue weighted by atomic mass is 10.2. The number of nitrogens with zero attached hydrogens (tertiary/aromatic N) is 4. The number of anilines is 4. The van der Waals surface area contributed by atoms with Gasteiger partial charge in [-0.3, -0.25) is 4.98 Å². The summed E-state index contributed by atoms with van der Waals surface area (Å²) in [5.74, 6) is 0.500. The third-order valence-corrected chi connectivity index (χ3v) is 3.76. The highest BCUT2D eigenvalue weighted by Crippen LogP contribution is 2.34. The van der Waals surface area contributed by atoms with Gasteiger partial charge in [0.2, 0.25) is 0 Å². The Kier molecular flexibility index (Phi) is 5.26. The third-order valence-electron chi connectivity index (χ3n) is 3.47. The predicted octanol–water partition coefficient (Wildman–Crippen LogP) is 3.88. The number of nitrogens with two attached hydrogens (primary N) is 1. The van der Waals surface area contributed by atoms with Gasteiger partial charge in [0.15, 0.2) is 11.6 Å². The summed E-state index contributed by atoms with van der Waals surface area (Å²) in [5.41, 5.74) is 6.16. The van der Waals surface area contributed by atoms with Crippen molar-refractivity contribution in [3.8, 4) is 0 Å². The molecule has 7 nitrogen and oxygen atoms in total. The highest BCUT2D eigenvalue weighted by molar-refractivity contribution is 6.33. The average molecular weight is 396 g/mol. The molecule has 3 heterocycles. The number of nitrogen functional groups attached to an aromatic ring is 1. The molecular formula is C16H13ClF3N7. The van der Waals surface area contributed by atoms with Gasteiger partial charge in [-0.25, -0.2) is 15.0 Å². The Bertz CT molecular complexity index is 935. The van der Waals surface area contributed by atoms with Crippen LogP contribution in [0.2, 0.25) is 5.02 Å². The van der Waals surface area contributed by atoms with Crippen molar-refractivity contribution in [1.29, 1.82) is 0 Å². The molecule has 0 amide bonds. The van der Waals surface area contributed by atoms with Crippen molar-refractivity contribution < 1.29 is 13.2 Å². The Hall–Kier alpha value is -3.14. The molecule has 11 heteroatoms. The number of alkyl halides is 3. The van der Waals surface area contributed by atoms with Crippen LogP contribution in [-0.4, -0.2) is 19.9 Å². The van der Waals surface area contributed by atoms with Crippen LogP contribution in [0.3, 0.4) is 0 Å². The quantitative estimate of drug-likeness (QED) is 0.602. The maximum absolute atomic E-state index is 12.7. The van der Waals surface area contributed by atoms with Gasteiger partial charge in [-0.1, -0.05) is 17.7 Å². The second kappa shape index (κ2) is 7.62. The van der Waals surface area contributed by atoms with Crippen LogP contribution in [0.4, 0.5) is 36.3 Å². The first kappa shape index (κ1) is 18.6. The standard InChI is InChI=1S/C16H13ClF3N7/c17-11-4-10(16(18,19)20)7-24-13(11)27-15-12(21)14(25-8-26-15)23-6-9-2-1-3-22-5-9/h1-5,7-8H,6,21H2,(H2,23,24,25,26,27). The van der Waals surface area contributed by atoms with E-state index in [1.54, 1.807) is 18.5 Å². The Morgan fingerprint density at radius 1 is 1.07 bits per heavy atom. The first-order valence-electron chi connectivity index (χ1n) is 7.57. The molecule has 3 rings (SSSR count). The van der Waals surface area contributed by atoms with Crippen LogP contribution < -0.4 is 16.4 Å². The molecule has 0 aliphatic rings. The van der Waals surface area contributed by atoms with E-state index in [0.29, 0.717) is 18.6 Å². The summed E-state index contributed by atoms with van der Waals surface area (Å²) in [6, 6.07) is 4.45. The molecule has 0 fully saturated rings. The van der Waals surface area contributed by atoms with Gasteiger partial charge in [0.05, 0.1) is 10.6 Å². The van der Waals surface area contributed by atoms with Gasteiger partial charge in [0.1, 0.15) is 17.8 Å². The zero-order valence-corrected chi connectivity index (χ0v) is 14.4. The van der Waals surface area contributed by atoms with E-state index in [4.69, 9.17) is 17.3 Å². The van der Waals surface area contributed by atoms with Crippen molar-refractivity contribution in [2.45, 2.75) is 12.7 Å². The van der Waals surface area contributed by atoms with Crippen LogP contribution in [0.5, 0.6) is 0 Å². The van der Waals surface area contributed by atoms with Gasteiger partial charge < -0.3 is 16.4 Å². The maximum atomic E-state index is 12.7. The Morgan fingerprint density at radius 2 is 1.85 bits per heavy atom. The smallest absolute Gasteiger partial charge is 0.393 e. The summed E-state index contributed by atoms with van der Waals surface area (Å²) in [7, 11) is 0. The van der Waals surface area contributed by atoms with E-state index < -0.39 is 11.7 Å². The van der Waals surface area contributed by atoms with Gasteiger partial charge in [0.25, 0.3) is 0 Å². The first-order valence-corrected chi connectivity index (χ1v) is 7.95. The van der Waals surface area contributed by atoms with E-state index in [1.807, 2.05) is 6.07 Å². The third kappa shape index (κ3) is 4.53. The molecule has 0 atom stereocenters. The summed E-state index contributed by atoms with van der Waals surface area (Å²) in [5, 5.41) is 5.54. The lowest BCUT2D eigenvalue weighted by molar-refractivity contribution is -0.137. The molecule has 0 aromatic carbocycles. The number of hydrogen-bond donors (Lipinski definition) is 3. The predicted molar refractivity (Wildman–Crippen MR) is 95.5 cm³/mol. The number of aromatic nitrogens is 4. The zero-order valence-electron chi connectivity index (χ0n) is 13.6. The topological polar surface area (TPSA) is 102 Å². The summed E-state index contributed by atoms with van der Waals surface area (Å²) in [6.07, 6.45) is 0.739. The molecule has 4 N–H and O–H groups in total. The van der Waals surface area contributed by atoms with Crippen LogP contribution >= 0.6 is 11.6 Å². The minimum Gasteiger partial charge on any atom is -0.393 e. The van der Waals surface area contributed by atoms with Crippen molar-refractivity contribution in [3.63, 3.8) is 0 Å². The van der Waals surface area contributed by atoms with Crippen LogP contribution in [-0.2, 0) is 12.7 Å². The highest BCUT2D eigenvalue weighted by atomic mass is 35.5. The lowest BCUT2D eigenvalue weighted by Crippen LogP contribution is -2.10. The molecule has 0 saturated carbocycles. The fourth-order valence-corrected chi connectivity index (χ4v) is 2.34. The highest BCUT2D eigenvalue weighted by Gasteiger charge is 2.31. The van der Waals surface area contributed by atoms with E-state index in [1.165, 1.54) is 6.33 Å². The Labute approximate surface area is 156 Å². The van der Waals surface area contributed by atoms with Crippen LogP contribution in [0.1, 0.15) is 11.1 Å². The molecule has 3 aromatic rings. The SMILES string of the molecule is Nc1c(NCc2cccnc2)ncnc1Nc1ncc(C(F)(F)F)cc1Cl. The molecule has 140 valence electrons. The largest absolute Gasteiger partial charge is 0.417 e. The van der Waals surface area contributed by atoms with Crippen molar-refractivity contribution in [2.24, 2.45) is 0 Å².